The SMILES string of the molecule is COC(=O)c1ccccc1NC(=O)CN(c1cccc(C)c1C)S(=O)(=O)c1ccccc1. The van der Waals surface area contributed by atoms with E-state index in [4.69, 9.17) is 4.74 Å². The Bertz CT molecular complexity index is 1240. The van der Waals surface area contributed by atoms with Crippen molar-refractivity contribution in [3.8, 4) is 0 Å². The number of benzene rings is 3. The number of carbonyl (C=O) groups excluding carboxylic acids is 2. The van der Waals surface area contributed by atoms with Crippen LogP contribution < -0.4 is 9.62 Å². The number of methoxy groups -OCH3 is 1. The van der Waals surface area contributed by atoms with Gasteiger partial charge in [0.05, 0.1) is 28.9 Å². The van der Waals surface area contributed by atoms with Crippen molar-refractivity contribution in [1.29, 1.82) is 0 Å². The smallest absolute Gasteiger partial charge is 0.339 e. The summed E-state index contributed by atoms with van der Waals surface area (Å²) < 4.78 is 32.8. The number of nitrogens with zero attached hydrogens (tertiary/aromatic N) is 1. The van der Waals surface area contributed by atoms with Crippen molar-refractivity contribution in [3.05, 3.63) is 89.5 Å². The average Bonchev–Trinajstić information content (AvgIpc) is 2.80. The first-order chi connectivity index (χ1) is 15.3. The Kier molecular flexibility index (Phi) is 6.95. The van der Waals surface area contributed by atoms with Crippen molar-refractivity contribution < 1.29 is 22.7 Å². The Balaban J connectivity index is 2.00. The van der Waals surface area contributed by atoms with Crippen LogP contribution in [0, 0.1) is 13.8 Å². The van der Waals surface area contributed by atoms with Crippen molar-refractivity contribution >= 4 is 33.3 Å². The molecule has 0 heterocycles. The molecule has 0 saturated carbocycles. The fourth-order valence-electron chi connectivity index (χ4n) is 3.23. The van der Waals surface area contributed by atoms with Crippen LogP contribution in [0.25, 0.3) is 0 Å². The second kappa shape index (κ2) is 9.65. The molecule has 7 nitrogen and oxygen atoms in total. The van der Waals surface area contributed by atoms with E-state index in [0.717, 1.165) is 15.4 Å². The van der Waals surface area contributed by atoms with Crippen LogP contribution in [0.15, 0.2) is 77.7 Å². The van der Waals surface area contributed by atoms with E-state index < -0.39 is 28.4 Å². The predicted octanol–water partition coefficient (Wildman–Crippen LogP) is 3.92. The first-order valence-corrected chi connectivity index (χ1v) is 11.3. The number of aryl methyl sites for hydroxylation is 1. The zero-order valence-corrected chi connectivity index (χ0v) is 18.8. The van der Waals surface area contributed by atoms with Crippen molar-refractivity contribution in [3.63, 3.8) is 0 Å². The van der Waals surface area contributed by atoms with Crippen molar-refractivity contribution in [2.75, 3.05) is 23.3 Å². The van der Waals surface area contributed by atoms with Gasteiger partial charge in [-0.3, -0.25) is 9.10 Å². The molecule has 0 aliphatic rings. The number of anilines is 2. The molecule has 0 spiro atoms. The van der Waals surface area contributed by atoms with E-state index in [2.05, 4.69) is 5.32 Å². The molecule has 0 fully saturated rings. The zero-order valence-electron chi connectivity index (χ0n) is 18.0. The highest BCUT2D eigenvalue weighted by molar-refractivity contribution is 7.92. The minimum atomic E-state index is -4.03. The normalized spacial score (nSPS) is 11.0. The van der Waals surface area contributed by atoms with E-state index in [9.17, 15) is 18.0 Å². The number of esters is 1. The Morgan fingerprint density at radius 3 is 2.25 bits per heavy atom. The van der Waals surface area contributed by atoms with Gasteiger partial charge in [-0.2, -0.15) is 0 Å². The number of hydrogen-bond donors (Lipinski definition) is 1. The number of para-hydroxylation sites is 1. The van der Waals surface area contributed by atoms with Crippen molar-refractivity contribution in [1.82, 2.24) is 0 Å². The summed E-state index contributed by atoms with van der Waals surface area (Å²) >= 11 is 0. The molecular formula is C24H24N2O5S. The van der Waals surface area contributed by atoms with Gasteiger partial charge < -0.3 is 10.1 Å². The fourth-order valence-corrected chi connectivity index (χ4v) is 4.72. The Morgan fingerprint density at radius 2 is 1.56 bits per heavy atom. The third-order valence-electron chi connectivity index (χ3n) is 5.07. The minimum Gasteiger partial charge on any atom is -0.465 e. The van der Waals surface area contributed by atoms with E-state index >= 15 is 0 Å². The Hall–Kier alpha value is -3.65. The largest absolute Gasteiger partial charge is 0.465 e. The van der Waals surface area contributed by atoms with Crippen molar-refractivity contribution in [2.45, 2.75) is 18.7 Å². The van der Waals surface area contributed by atoms with Crippen LogP contribution in [-0.4, -0.2) is 33.9 Å². The second-order valence-corrected chi connectivity index (χ2v) is 8.99. The fraction of sp³-hybridized carbons (Fsp3) is 0.167. The maximum Gasteiger partial charge on any atom is 0.339 e. The van der Waals surface area contributed by atoms with E-state index in [1.807, 2.05) is 19.9 Å². The van der Waals surface area contributed by atoms with Crippen LogP contribution in [0.2, 0.25) is 0 Å². The van der Waals surface area contributed by atoms with Crippen LogP contribution >= 0.6 is 0 Å². The third-order valence-corrected chi connectivity index (χ3v) is 6.84. The summed E-state index contributed by atoms with van der Waals surface area (Å²) in [5.74, 6) is -1.20. The number of carbonyl (C=O) groups is 2. The summed E-state index contributed by atoms with van der Waals surface area (Å²) in [4.78, 5) is 25.0. The van der Waals surface area contributed by atoms with Crippen LogP contribution in [-0.2, 0) is 19.6 Å². The number of nitrogens with one attached hydrogen (secondary N) is 1. The zero-order chi connectivity index (χ0) is 23.3. The van der Waals surface area contributed by atoms with Gasteiger partial charge >= 0.3 is 5.97 Å². The maximum atomic E-state index is 13.5. The highest BCUT2D eigenvalue weighted by Crippen LogP contribution is 2.28. The predicted molar refractivity (Wildman–Crippen MR) is 123 cm³/mol. The third kappa shape index (κ3) is 4.81. The average molecular weight is 453 g/mol. The highest BCUT2D eigenvalue weighted by atomic mass is 32.2. The molecule has 0 aromatic heterocycles. The first-order valence-electron chi connectivity index (χ1n) is 9.87. The standard InChI is InChI=1S/C24H24N2O5S/c1-17-10-9-15-22(18(17)2)26(32(29,30)19-11-5-4-6-12-19)16-23(27)25-21-14-8-7-13-20(21)24(28)31-3/h4-15H,16H2,1-3H3,(H,25,27). The monoisotopic (exact) mass is 452 g/mol. The molecule has 1 N–H and O–H groups in total. The molecule has 3 aromatic rings. The van der Waals surface area contributed by atoms with Gasteiger partial charge in [0.25, 0.3) is 10.0 Å². The summed E-state index contributed by atoms with van der Waals surface area (Å²) in [6.07, 6.45) is 0. The molecular weight excluding hydrogens is 428 g/mol. The van der Waals surface area contributed by atoms with E-state index in [1.165, 1.54) is 25.3 Å². The Morgan fingerprint density at radius 1 is 0.906 bits per heavy atom. The van der Waals surface area contributed by atoms with Gasteiger partial charge in [-0.1, -0.05) is 42.5 Å². The second-order valence-electron chi connectivity index (χ2n) is 7.13. The molecule has 166 valence electrons. The van der Waals surface area contributed by atoms with Crippen molar-refractivity contribution in [2.24, 2.45) is 0 Å². The summed E-state index contributed by atoms with van der Waals surface area (Å²) in [6.45, 7) is 3.21. The molecule has 1 amide bonds. The molecule has 32 heavy (non-hydrogen) atoms. The number of ether oxygens (including phenoxy) is 1. The molecule has 3 aromatic carbocycles. The lowest BCUT2D eigenvalue weighted by Crippen LogP contribution is -2.38. The number of amides is 1. The molecule has 3 rings (SSSR count). The molecule has 0 radical (unpaired) electrons. The molecule has 0 atom stereocenters. The topological polar surface area (TPSA) is 92.8 Å². The van der Waals surface area contributed by atoms with E-state index in [-0.39, 0.29) is 16.1 Å². The maximum absolute atomic E-state index is 13.5. The van der Waals surface area contributed by atoms with Gasteiger partial charge in [0.2, 0.25) is 5.91 Å². The number of sulfonamides is 1. The van der Waals surface area contributed by atoms with Crippen LogP contribution in [0.5, 0.6) is 0 Å². The lowest BCUT2D eigenvalue weighted by Gasteiger charge is -2.26. The van der Waals surface area contributed by atoms with E-state index in [0.29, 0.717) is 5.69 Å². The summed E-state index contributed by atoms with van der Waals surface area (Å²) in [5, 5.41) is 2.64. The number of hydrogen-bond acceptors (Lipinski definition) is 5. The lowest BCUT2D eigenvalue weighted by molar-refractivity contribution is -0.114. The van der Waals surface area contributed by atoms with Crippen LogP contribution in [0.3, 0.4) is 0 Å². The minimum absolute atomic E-state index is 0.0728. The first kappa shape index (κ1) is 23.0. The van der Waals surface area contributed by atoms with Crippen LogP contribution in [0.4, 0.5) is 11.4 Å². The van der Waals surface area contributed by atoms with Crippen LogP contribution in [0.1, 0.15) is 21.5 Å². The summed E-state index contributed by atoms with van der Waals surface area (Å²) in [6, 6.07) is 19.6. The molecule has 8 heteroatoms. The Labute approximate surface area is 187 Å². The highest BCUT2D eigenvalue weighted by Gasteiger charge is 2.29. The van der Waals surface area contributed by atoms with Gasteiger partial charge in [-0.15, -0.1) is 0 Å². The van der Waals surface area contributed by atoms with E-state index in [1.54, 1.807) is 48.5 Å². The summed E-state index contributed by atoms with van der Waals surface area (Å²) in [7, 11) is -2.79. The van der Waals surface area contributed by atoms with Gasteiger partial charge in [0.1, 0.15) is 6.54 Å². The molecule has 0 saturated heterocycles. The molecule has 0 aliphatic carbocycles. The number of rotatable bonds is 7. The van der Waals surface area contributed by atoms with Gasteiger partial charge in [0, 0.05) is 0 Å². The van der Waals surface area contributed by atoms with Gasteiger partial charge in [0.15, 0.2) is 0 Å². The lowest BCUT2D eigenvalue weighted by atomic mass is 10.1. The molecule has 0 bridgehead atoms. The van der Waals surface area contributed by atoms with Gasteiger partial charge in [-0.25, -0.2) is 13.2 Å². The molecule has 0 aliphatic heterocycles. The quantitative estimate of drug-likeness (QED) is 0.549. The van der Waals surface area contributed by atoms with Gasteiger partial charge in [-0.05, 0) is 55.3 Å². The molecule has 0 unspecified atom stereocenters. The summed E-state index contributed by atoms with van der Waals surface area (Å²) in [5.41, 5.74) is 2.46.